The zero-order chi connectivity index (χ0) is 18.1. The molecule has 24 heavy (non-hydrogen) atoms. The van der Waals surface area contributed by atoms with Crippen molar-refractivity contribution in [3.8, 4) is 5.75 Å². The van der Waals surface area contributed by atoms with Gasteiger partial charge in [-0.2, -0.15) is 0 Å². The summed E-state index contributed by atoms with van der Waals surface area (Å²) in [5, 5.41) is 12.9. The maximum Gasteiger partial charge on any atom is 0.412 e. The quantitative estimate of drug-likeness (QED) is 0.727. The highest BCUT2D eigenvalue weighted by Crippen LogP contribution is 2.53. The fourth-order valence-electron chi connectivity index (χ4n) is 2.69. The summed E-state index contributed by atoms with van der Waals surface area (Å²) in [6.07, 6.45) is 0.771. The van der Waals surface area contributed by atoms with E-state index in [2.05, 4.69) is 5.32 Å². The maximum atomic E-state index is 11.8. The third kappa shape index (κ3) is 3.79. The van der Waals surface area contributed by atoms with Crippen molar-refractivity contribution in [2.24, 2.45) is 5.73 Å². The third-order valence-corrected chi connectivity index (χ3v) is 4.02. The lowest BCUT2D eigenvalue weighted by Crippen LogP contribution is -2.42. The van der Waals surface area contributed by atoms with Gasteiger partial charge < -0.3 is 20.3 Å². The molecule has 1 fully saturated rings. The van der Waals surface area contributed by atoms with Crippen LogP contribution in [0.25, 0.3) is 0 Å². The number of nitrogens with two attached hydrogens (primary N) is 1. The molecule has 7 nitrogen and oxygen atoms in total. The normalized spacial score (nSPS) is 16.9. The monoisotopic (exact) mass is 336 g/mol. The van der Waals surface area contributed by atoms with E-state index in [-0.39, 0.29) is 5.75 Å². The average molecular weight is 336 g/mol. The van der Waals surface area contributed by atoms with Crippen molar-refractivity contribution in [3.05, 3.63) is 23.8 Å². The van der Waals surface area contributed by atoms with Gasteiger partial charge in [0.25, 0.3) is 0 Å². The lowest BCUT2D eigenvalue weighted by molar-refractivity contribution is -0.143. The second kappa shape index (κ2) is 6.32. The summed E-state index contributed by atoms with van der Waals surface area (Å²) < 4.78 is 9.87. The van der Waals surface area contributed by atoms with Gasteiger partial charge in [-0.15, -0.1) is 0 Å². The largest absolute Gasteiger partial charge is 0.508 e. The predicted molar refractivity (Wildman–Crippen MR) is 88.9 cm³/mol. The molecule has 132 valence electrons. The minimum atomic E-state index is -0.835. The van der Waals surface area contributed by atoms with Crippen LogP contribution in [0.3, 0.4) is 0 Å². The molecule has 1 aromatic carbocycles. The van der Waals surface area contributed by atoms with E-state index in [9.17, 15) is 14.7 Å². The lowest BCUT2D eigenvalue weighted by Gasteiger charge is -2.23. The maximum absolute atomic E-state index is 11.8. The van der Waals surface area contributed by atoms with Crippen LogP contribution in [0, 0.1) is 0 Å². The number of phenolic OH excluding ortho intramolecular Hbond substituents is 1. The summed E-state index contributed by atoms with van der Waals surface area (Å²) in [4.78, 5) is 23.5. The molecule has 1 atom stereocenters. The molecular formula is C17H24N2O5. The second-order valence-electron chi connectivity index (χ2n) is 7.02. The van der Waals surface area contributed by atoms with E-state index in [0.29, 0.717) is 24.1 Å². The van der Waals surface area contributed by atoms with Gasteiger partial charge in [0.1, 0.15) is 17.4 Å². The molecular weight excluding hydrogens is 312 g/mol. The molecule has 1 aromatic rings. The number of aromatic hydroxyl groups is 1. The summed E-state index contributed by atoms with van der Waals surface area (Å²) in [5.41, 5.74) is 5.73. The van der Waals surface area contributed by atoms with E-state index in [0.717, 1.165) is 0 Å². The van der Waals surface area contributed by atoms with Crippen molar-refractivity contribution in [2.45, 2.75) is 50.7 Å². The van der Waals surface area contributed by atoms with Crippen LogP contribution < -0.4 is 11.1 Å². The molecule has 1 amide bonds. The predicted octanol–water partition coefficient (Wildman–Crippen LogP) is 2.27. The average Bonchev–Trinajstić information content (AvgIpc) is 3.25. The van der Waals surface area contributed by atoms with Crippen LogP contribution in [0.2, 0.25) is 0 Å². The number of nitrogens with one attached hydrogen (secondary N) is 1. The fourth-order valence-corrected chi connectivity index (χ4v) is 2.69. The summed E-state index contributed by atoms with van der Waals surface area (Å²) in [5.74, 6) is -0.539. The van der Waals surface area contributed by atoms with Crippen molar-refractivity contribution in [1.82, 2.24) is 0 Å². The third-order valence-electron chi connectivity index (χ3n) is 4.02. The molecule has 0 radical (unpaired) electrons. The Morgan fingerprint density at radius 3 is 2.42 bits per heavy atom. The van der Waals surface area contributed by atoms with Crippen LogP contribution in [0.1, 0.15) is 39.2 Å². The van der Waals surface area contributed by atoms with Crippen LogP contribution >= 0.6 is 0 Å². The fraction of sp³-hybridized carbons (Fsp3) is 0.529. The standard InChI is InChI=1S/C17H24N2O5/c1-16(2,3)24-15(22)19-10-5-6-11(12(20)9-10)17(7-8-17)13(18)14(21)23-4/h5-6,9,13,20H,7-8,18H2,1-4H3,(H,19,22). The Labute approximate surface area is 141 Å². The topological polar surface area (TPSA) is 111 Å². The molecule has 4 N–H and O–H groups in total. The van der Waals surface area contributed by atoms with Crippen molar-refractivity contribution in [1.29, 1.82) is 0 Å². The zero-order valence-electron chi connectivity index (χ0n) is 14.4. The van der Waals surface area contributed by atoms with Gasteiger partial charge in [-0.25, -0.2) is 4.79 Å². The molecule has 0 heterocycles. The number of hydrogen-bond donors (Lipinski definition) is 3. The SMILES string of the molecule is COC(=O)C(N)C1(c2ccc(NC(=O)OC(C)(C)C)cc2O)CC1. The molecule has 0 bridgehead atoms. The lowest BCUT2D eigenvalue weighted by atomic mass is 9.87. The Kier molecular flexibility index (Phi) is 4.75. The Bertz CT molecular complexity index is 647. The van der Waals surface area contributed by atoms with Crippen LogP contribution in [0.4, 0.5) is 10.5 Å². The number of methoxy groups -OCH3 is 1. The molecule has 0 aliphatic heterocycles. The van der Waals surface area contributed by atoms with Gasteiger partial charge in [0.05, 0.1) is 7.11 Å². The number of anilines is 1. The number of benzene rings is 1. The van der Waals surface area contributed by atoms with E-state index >= 15 is 0 Å². The first-order chi connectivity index (χ1) is 11.1. The first-order valence-corrected chi connectivity index (χ1v) is 7.76. The highest BCUT2D eigenvalue weighted by molar-refractivity contribution is 5.85. The molecule has 1 saturated carbocycles. The van der Waals surface area contributed by atoms with Gasteiger partial charge in [-0.05, 0) is 39.7 Å². The van der Waals surface area contributed by atoms with E-state index in [1.165, 1.54) is 13.2 Å². The summed E-state index contributed by atoms with van der Waals surface area (Å²) in [6.45, 7) is 5.29. The number of carbonyl (C=O) groups excluding carboxylic acids is 2. The molecule has 2 rings (SSSR count). The van der Waals surface area contributed by atoms with Crippen molar-refractivity contribution in [3.63, 3.8) is 0 Å². The number of phenols is 1. The molecule has 0 saturated heterocycles. The number of ether oxygens (including phenoxy) is 2. The van der Waals surface area contributed by atoms with E-state index in [1.54, 1.807) is 32.9 Å². The smallest absolute Gasteiger partial charge is 0.412 e. The zero-order valence-corrected chi connectivity index (χ0v) is 14.4. The number of amides is 1. The van der Waals surface area contributed by atoms with Gasteiger partial charge >= 0.3 is 12.1 Å². The van der Waals surface area contributed by atoms with Gasteiger partial charge in [0.2, 0.25) is 0 Å². The van der Waals surface area contributed by atoms with Crippen LogP contribution in [0.15, 0.2) is 18.2 Å². The minimum absolute atomic E-state index is 0.0274. The first-order valence-electron chi connectivity index (χ1n) is 7.76. The molecule has 1 aliphatic carbocycles. The molecule has 0 aromatic heterocycles. The van der Waals surface area contributed by atoms with Crippen LogP contribution in [-0.4, -0.2) is 35.9 Å². The minimum Gasteiger partial charge on any atom is -0.508 e. The Morgan fingerprint density at radius 1 is 1.33 bits per heavy atom. The van der Waals surface area contributed by atoms with Gasteiger partial charge in [-0.1, -0.05) is 6.07 Å². The van der Waals surface area contributed by atoms with E-state index in [1.807, 2.05) is 0 Å². The Balaban J connectivity index is 2.16. The number of rotatable bonds is 4. The Morgan fingerprint density at radius 2 is 1.96 bits per heavy atom. The van der Waals surface area contributed by atoms with Gasteiger partial charge in [-0.3, -0.25) is 10.1 Å². The molecule has 0 spiro atoms. The number of esters is 1. The highest BCUT2D eigenvalue weighted by atomic mass is 16.6. The summed E-state index contributed by atoms with van der Waals surface area (Å²) >= 11 is 0. The van der Waals surface area contributed by atoms with Gasteiger partial charge in [0, 0.05) is 22.7 Å². The van der Waals surface area contributed by atoms with Crippen LogP contribution in [-0.2, 0) is 19.7 Å². The molecule has 7 heteroatoms. The van der Waals surface area contributed by atoms with E-state index < -0.39 is 29.1 Å². The van der Waals surface area contributed by atoms with Crippen molar-refractivity contribution >= 4 is 17.7 Å². The summed E-state index contributed by atoms with van der Waals surface area (Å²) in [7, 11) is 1.28. The van der Waals surface area contributed by atoms with Crippen molar-refractivity contribution < 1.29 is 24.2 Å². The first kappa shape index (κ1) is 18.1. The Hall–Kier alpha value is -2.28. The molecule has 1 aliphatic rings. The van der Waals surface area contributed by atoms with Crippen LogP contribution in [0.5, 0.6) is 5.75 Å². The molecule has 1 unspecified atom stereocenters. The van der Waals surface area contributed by atoms with Crippen molar-refractivity contribution in [2.75, 3.05) is 12.4 Å². The summed E-state index contributed by atoms with van der Waals surface area (Å²) in [6, 6.07) is 3.89. The highest BCUT2D eigenvalue weighted by Gasteiger charge is 2.54. The number of carbonyl (C=O) groups is 2. The van der Waals surface area contributed by atoms with Gasteiger partial charge in [0.15, 0.2) is 0 Å². The second-order valence-corrected chi connectivity index (χ2v) is 7.02. The van der Waals surface area contributed by atoms with E-state index in [4.69, 9.17) is 15.2 Å². The number of hydrogen-bond acceptors (Lipinski definition) is 6.